The molecule has 134 valence electrons. The molecule has 0 radical (unpaired) electrons. The molecule has 0 saturated heterocycles. The summed E-state index contributed by atoms with van der Waals surface area (Å²) in [7, 11) is 0. The summed E-state index contributed by atoms with van der Waals surface area (Å²) in [4.78, 5) is 20.9. The first-order chi connectivity index (χ1) is 13.3. The monoisotopic (exact) mass is 360 g/mol. The predicted molar refractivity (Wildman–Crippen MR) is 98.8 cm³/mol. The van der Waals surface area contributed by atoms with E-state index in [1.54, 1.807) is 6.92 Å². The van der Waals surface area contributed by atoms with E-state index in [1.807, 2.05) is 60.7 Å². The smallest absolute Gasteiger partial charge is 0.361 e. The molecule has 6 nitrogen and oxygen atoms in total. The zero-order valence-corrected chi connectivity index (χ0v) is 14.6. The fourth-order valence-electron chi connectivity index (χ4n) is 2.64. The van der Waals surface area contributed by atoms with Gasteiger partial charge in [-0.3, -0.25) is 0 Å². The van der Waals surface area contributed by atoms with Crippen LogP contribution in [0.3, 0.4) is 0 Å². The lowest BCUT2D eigenvalue weighted by Crippen LogP contribution is -2.06. The van der Waals surface area contributed by atoms with Crippen molar-refractivity contribution in [3.63, 3.8) is 0 Å². The molecule has 2 aromatic heterocycles. The average Bonchev–Trinajstić information content (AvgIpc) is 3.37. The van der Waals surface area contributed by atoms with E-state index in [4.69, 9.17) is 13.6 Å². The summed E-state index contributed by atoms with van der Waals surface area (Å²) in [6.07, 6.45) is 1.53. The van der Waals surface area contributed by atoms with Gasteiger partial charge in [-0.05, 0) is 19.1 Å². The second kappa shape index (κ2) is 7.29. The first kappa shape index (κ1) is 16.8. The molecule has 6 heteroatoms. The molecule has 0 spiro atoms. The molecule has 2 heterocycles. The molecule has 0 unspecified atom stereocenters. The summed E-state index contributed by atoms with van der Waals surface area (Å²) >= 11 is 0. The van der Waals surface area contributed by atoms with Gasteiger partial charge >= 0.3 is 5.97 Å². The summed E-state index contributed by atoms with van der Waals surface area (Å²) < 4.78 is 16.7. The second-order valence-electron chi connectivity index (χ2n) is 5.68. The number of hydrogen-bond donors (Lipinski definition) is 0. The van der Waals surface area contributed by atoms with E-state index in [1.165, 1.54) is 6.20 Å². The number of oxazole rings is 2. The number of aromatic nitrogens is 2. The van der Waals surface area contributed by atoms with E-state index in [0.29, 0.717) is 17.4 Å². The van der Waals surface area contributed by atoms with Crippen molar-refractivity contribution in [3.05, 3.63) is 72.6 Å². The van der Waals surface area contributed by atoms with Crippen LogP contribution in [0.25, 0.3) is 34.4 Å². The second-order valence-corrected chi connectivity index (χ2v) is 5.68. The Bertz CT molecular complexity index is 1050. The number of carbonyl (C=O) groups is 1. The maximum atomic E-state index is 12.3. The van der Waals surface area contributed by atoms with Gasteiger partial charge in [0.25, 0.3) is 5.89 Å². The van der Waals surface area contributed by atoms with E-state index in [9.17, 15) is 4.79 Å². The highest BCUT2D eigenvalue weighted by molar-refractivity contribution is 5.94. The third-order valence-corrected chi connectivity index (χ3v) is 3.87. The molecule has 0 N–H and O–H groups in total. The maximum Gasteiger partial charge on any atom is 0.361 e. The predicted octanol–water partition coefficient (Wildman–Crippen LogP) is 4.84. The van der Waals surface area contributed by atoms with Gasteiger partial charge in [-0.15, -0.1) is 0 Å². The molecule has 0 amide bonds. The Morgan fingerprint density at radius 2 is 1.59 bits per heavy atom. The van der Waals surface area contributed by atoms with Crippen molar-refractivity contribution in [2.24, 2.45) is 0 Å². The van der Waals surface area contributed by atoms with Gasteiger partial charge in [0.1, 0.15) is 0 Å². The highest BCUT2D eigenvalue weighted by Gasteiger charge is 2.25. The van der Waals surface area contributed by atoms with Crippen LogP contribution >= 0.6 is 0 Å². The van der Waals surface area contributed by atoms with Crippen LogP contribution in [0, 0.1) is 0 Å². The first-order valence-electron chi connectivity index (χ1n) is 8.51. The number of rotatable bonds is 5. The Hall–Kier alpha value is -3.67. The van der Waals surface area contributed by atoms with Crippen molar-refractivity contribution >= 4 is 5.97 Å². The summed E-state index contributed by atoms with van der Waals surface area (Å²) in [5.74, 6) is 0.742. The maximum absolute atomic E-state index is 12.3. The van der Waals surface area contributed by atoms with Gasteiger partial charge in [0.2, 0.25) is 11.7 Å². The highest BCUT2D eigenvalue weighted by atomic mass is 16.5. The van der Waals surface area contributed by atoms with E-state index in [0.717, 1.165) is 11.1 Å². The Balaban J connectivity index is 1.76. The van der Waals surface area contributed by atoms with Crippen LogP contribution in [-0.2, 0) is 4.74 Å². The molecule has 27 heavy (non-hydrogen) atoms. The van der Waals surface area contributed by atoms with Gasteiger partial charge in [-0.1, -0.05) is 48.5 Å². The minimum Gasteiger partial charge on any atom is -0.461 e. The van der Waals surface area contributed by atoms with Crippen LogP contribution in [0.4, 0.5) is 0 Å². The summed E-state index contributed by atoms with van der Waals surface area (Å²) in [6, 6.07) is 18.8. The van der Waals surface area contributed by atoms with Gasteiger partial charge in [0.15, 0.2) is 11.5 Å². The molecule has 4 aromatic rings. The molecule has 0 atom stereocenters. The van der Waals surface area contributed by atoms with Crippen LogP contribution in [0.5, 0.6) is 0 Å². The summed E-state index contributed by atoms with van der Waals surface area (Å²) in [6.45, 7) is 1.99. The zero-order chi connectivity index (χ0) is 18.6. The van der Waals surface area contributed by atoms with Gasteiger partial charge in [-0.2, -0.15) is 4.98 Å². The SMILES string of the molecule is CCOC(=O)c1nc(-c2cnc(-c3ccccc3)o2)oc1-c1ccccc1. The lowest BCUT2D eigenvalue weighted by Gasteiger charge is -2.00. The lowest BCUT2D eigenvalue weighted by molar-refractivity contribution is 0.0520. The summed E-state index contributed by atoms with van der Waals surface area (Å²) in [5.41, 5.74) is 1.67. The molecule has 2 aromatic carbocycles. The molecule has 0 bridgehead atoms. The van der Waals surface area contributed by atoms with Gasteiger partial charge in [0.05, 0.1) is 12.8 Å². The number of nitrogens with zero attached hydrogens (tertiary/aromatic N) is 2. The molecule has 0 fully saturated rings. The largest absolute Gasteiger partial charge is 0.461 e. The third kappa shape index (κ3) is 3.37. The number of hydrogen-bond acceptors (Lipinski definition) is 6. The minimum atomic E-state index is -0.547. The van der Waals surface area contributed by atoms with Crippen molar-refractivity contribution in [2.45, 2.75) is 6.92 Å². The number of benzene rings is 2. The van der Waals surface area contributed by atoms with Gasteiger partial charge < -0.3 is 13.6 Å². The Kier molecular flexibility index (Phi) is 4.53. The highest BCUT2D eigenvalue weighted by Crippen LogP contribution is 2.32. The normalized spacial score (nSPS) is 10.7. The lowest BCUT2D eigenvalue weighted by atomic mass is 10.1. The quantitative estimate of drug-likeness (QED) is 0.474. The summed E-state index contributed by atoms with van der Waals surface area (Å²) in [5, 5.41) is 0. The Morgan fingerprint density at radius 1 is 0.926 bits per heavy atom. The Morgan fingerprint density at radius 3 is 2.26 bits per heavy atom. The van der Waals surface area contributed by atoms with Crippen molar-refractivity contribution in [1.29, 1.82) is 0 Å². The number of carbonyl (C=O) groups excluding carboxylic acids is 1. The van der Waals surface area contributed by atoms with E-state index >= 15 is 0 Å². The molecule has 4 rings (SSSR count). The molecular weight excluding hydrogens is 344 g/mol. The van der Waals surface area contributed by atoms with Crippen molar-refractivity contribution in [1.82, 2.24) is 9.97 Å². The topological polar surface area (TPSA) is 78.4 Å². The third-order valence-electron chi connectivity index (χ3n) is 3.87. The van der Waals surface area contributed by atoms with Crippen molar-refractivity contribution in [2.75, 3.05) is 6.61 Å². The molecular formula is C21H16N2O4. The van der Waals surface area contributed by atoms with Crippen LogP contribution < -0.4 is 0 Å². The fourth-order valence-corrected chi connectivity index (χ4v) is 2.64. The fraction of sp³-hybridized carbons (Fsp3) is 0.0952. The van der Waals surface area contributed by atoms with Gasteiger partial charge in [0, 0.05) is 11.1 Å². The van der Waals surface area contributed by atoms with Crippen molar-refractivity contribution in [3.8, 4) is 34.4 Å². The van der Waals surface area contributed by atoms with Crippen molar-refractivity contribution < 1.29 is 18.4 Å². The molecule has 0 aliphatic carbocycles. The van der Waals surface area contributed by atoms with Crippen LogP contribution in [-0.4, -0.2) is 22.5 Å². The standard InChI is InChI=1S/C21H16N2O4/c1-2-25-21(24)17-18(14-9-5-3-6-10-14)27-20(23-17)16-13-22-19(26-16)15-11-7-4-8-12-15/h3-13H,2H2,1H3. The Labute approximate surface area is 155 Å². The first-order valence-corrected chi connectivity index (χ1v) is 8.51. The zero-order valence-electron chi connectivity index (χ0n) is 14.6. The van der Waals surface area contributed by atoms with E-state index < -0.39 is 5.97 Å². The number of esters is 1. The average molecular weight is 360 g/mol. The van der Waals surface area contributed by atoms with Crippen LogP contribution in [0.2, 0.25) is 0 Å². The minimum absolute atomic E-state index is 0.107. The molecule has 0 aliphatic rings. The molecule has 0 saturated carbocycles. The van der Waals surface area contributed by atoms with Crippen LogP contribution in [0.15, 0.2) is 75.7 Å². The van der Waals surface area contributed by atoms with Gasteiger partial charge in [-0.25, -0.2) is 9.78 Å². The van der Waals surface area contributed by atoms with Crippen LogP contribution in [0.1, 0.15) is 17.4 Å². The number of ether oxygens (including phenoxy) is 1. The van der Waals surface area contributed by atoms with E-state index in [-0.39, 0.29) is 18.2 Å². The molecule has 0 aliphatic heterocycles. The van der Waals surface area contributed by atoms with E-state index in [2.05, 4.69) is 9.97 Å².